The van der Waals surface area contributed by atoms with E-state index in [9.17, 15) is 0 Å². The quantitative estimate of drug-likeness (QED) is 0.772. The van der Waals surface area contributed by atoms with Gasteiger partial charge in [0.15, 0.2) is 0 Å². The van der Waals surface area contributed by atoms with Gasteiger partial charge in [-0.1, -0.05) is 39.9 Å². The zero-order valence-electron chi connectivity index (χ0n) is 11.1. The molecule has 1 aliphatic heterocycles. The molecule has 1 saturated heterocycles. The van der Waals surface area contributed by atoms with Gasteiger partial charge in [0.1, 0.15) is 0 Å². The second-order valence-corrected chi connectivity index (χ2v) is 6.72. The molecule has 0 aromatic heterocycles. The lowest BCUT2D eigenvalue weighted by molar-refractivity contribution is 0.108. The molecule has 1 aliphatic rings. The zero-order valence-corrected chi connectivity index (χ0v) is 11.9. The van der Waals surface area contributed by atoms with Gasteiger partial charge < -0.3 is 10.6 Å². The van der Waals surface area contributed by atoms with E-state index in [0.717, 1.165) is 12.5 Å². The highest BCUT2D eigenvalue weighted by atomic mass is 32.1. The van der Waals surface area contributed by atoms with Crippen molar-refractivity contribution in [2.45, 2.75) is 40.5 Å². The summed E-state index contributed by atoms with van der Waals surface area (Å²) in [6.45, 7) is 12.6. The lowest BCUT2D eigenvalue weighted by Gasteiger charge is -2.39. The van der Waals surface area contributed by atoms with Crippen LogP contribution >= 0.6 is 12.2 Å². The van der Waals surface area contributed by atoms with Gasteiger partial charge in [0.05, 0.1) is 4.99 Å². The van der Waals surface area contributed by atoms with Gasteiger partial charge in [-0.3, -0.25) is 0 Å². The summed E-state index contributed by atoms with van der Waals surface area (Å²) in [5.41, 5.74) is 6.11. The average molecular weight is 242 g/mol. The van der Waals surface area contributed by atoms with Crippen LogP contribution in [-0.4, -0.2) is 29.5 Å². The molecule has 1 unspecified atom stereocenters. The van der Waals surface area contributed by atoms with Crippen LogP contribution in [-0.2, 0) is 0 Å². The maximum absolute atomic E-state index is 5.65. The molecule has 0 spiro atoms. The molecule has 0 amide bonds. The molecule has 94 valence electrons. The van der Waals surface area contributed by atoms with E-state index < -0.39 is 0 Å². The van der Waals surface area contributed by atoms with Crippen LogP contribution in [0.2, 0.25) is 0 Å². The van der Waals surface area contributed by atoms with Crippen LogP contribution in [0, 0.1) is 17.3 Å². The SMILES string of the molecule is CC(CN1CCC(C(C)(C)C)CC1)C(N)=S. The Hall–Kier alpha value is -0.150. The fourth-order valence-electron chi connectivity index (χ4n) is 2.46. The minimum Gasteiger partial charge on any atom is -0.393 e. The molecule has 0 radical (unpaired) electrons. The van der Waals surface area contributed by atoms with Gasteiger partial charge in [-0.25, -0.2) is 0 Å². The lowest BCUT2D eigenvalue weighted by atomic mass is 9.75. The van der Waals surface area contributed by atoms with Crippen LogP contribution in [0.1, 0.15) is 40.5 Å². The third kappa shape index (κ3) is 4.02. The summed E-state index contributed by atoms with van der Waals surface area (Å²) in [7, 11) is 0. The molecule has 0 bridgehead atoms. The first-order chi connectivity index (χ1) is 7.30. The van der Waals surface area contributed by atoms with Crippen LogP contribution in [0.4, 0.5) is 0 Å². The number of piperidine rings is 1. The second kappa shape index (κ2) is 5.46. The molecule has 1 fully saturated rings. The van der Waals surface area contributed by atoms with Crippen LogP contribution in [0.15, 0.2) is 0 Å². The van der Waals surface area contributed by atoms with E-state index in [1.54, 1.807) is 0 Å². The van der Waals surface area contributed by atoms with Gasteiger partial charge in [-0.2, -0.15) is 0 Å². The van der Waals surface area contributed by atoms with Crippen molar-refractivity contribution in [1.29, 1.82) is 0 Å². The van der Waals surface area contributed by atoms with E-state index >= 15 is 0 Å². The first-order valence-electron chi connectivity index (χ1n) is 6.32. The molecule has 0 aromatic carbocycles. The predicted octanol–water partition coefficient (Wildman–Crippen LogP) is 2.67. The van der Waals surface area contributed by atoms with Crippen molar-refractivity contribution in [3.05, 3.63) is 0 Å². The number of nitrogens with two attached hydrogens (primary N) is 1. The van der Waals surface area contributed by atoms with E-state index in [4.69, 9.17) is 18.0 Å². The second-order valence-electron chi connectivity index (χ2n) is 6.24. The molecule has 1 rings (SSSR count). The summed E-state index contributed by atoms with van der Waals surface area (Å²) in [6.07, 6.45) is 2.63. The maximum Gasteiger partial charge on any atom is 0.0768 e. The monoisotopic (exact) mass is 242 g/mol. The predicted molar refractivity (Wildman–Crippen MR) is 74.6 cm³/mol. The van der Waals surface area contributed by atoms with E-state index in [-0.39, 0.29) is 0 Å². The molecule has 2 nitrogen and oxygen atoms in total. The minimum atomic E-state index is 0.348. The molecular weight excluding hydrogens is 216 g/mol. The summed E-state index contributed by atoms with van der Waals surface area (Å²) in [4.78, 5) is 3.16. The highest BCUT2D eigenvalue weighted by Crippen LogP contribution is 2.34. The highest BCUT2D eigenvalue weighted by molar-refractivity contribution is 7.80. The summed E-state index contributed by atoms with van der Waals surface area (Å²) in [5, 5.41) is 0. The molecule has 0 aliphatic carbocycles. The molecule has 3 heteroatoms. The Morgan fingerprint density at radius 1 is 1.38 bits per heavy atom. The van der Waals surface area contributed by atoms with Crippen molar-refractivity contribution in [2.75, 3.05) is 19.6 Å². The Morgan fingerprint density at radius 3 is 2.25 bits per heavy atom. The van der Waals surface area contributed by atoms with Crippen LogP contribution in [0.5, 0.6) is 0 Å². The highest BCUT2D eigenvalue weighted by Gasteiger charge is 2.29. The molecule has 16 heavy (non-hydrogen) atoms. The van der Waals surface area contributed by atoms with E-state index in [1.165, 1.54) is 25.9 Å². The molecule has 1 atom stereocenters. The Kier molecular flexibility index (Phi) is 4.74. The van der Waals surface area contributed by atoms with Crippen molar-refractivity contribution >= 4 is 17.2 Å². The molecule has 0 aromatic rings. The van der Waals surface area contributed by atoms with Gasteiger partial charge in [0.2, 0.25) is 0 Å². The van der Waals surface area contributed by atoms with E-state index in [0.29, 0.717) is 16.3 Å². The Labute approximate surface area is 106 Å². The summed E-state index contributed by atoms with van der Waals surface area (Å²) < 4.78 is 0. The number of likely N-dealkylation sites (tertiary alicyclic amines) is 1. The third-order valence-corrected chi connectivity index (χ3v) is 4.23. The minimum absolute atomic E-state index is 0.348. The summed E-state index contributed by atoms with van der Waals surface area (Å²) >= 11 is 5.02. The molecular formula is C13H26N2S. The smallest absolute Gasteiger partial charge is 0.0768 e. The number of hydrogen-bond acceptors (Lipinski definition) is 2. The number of hydrogen-bond donors (Lipinski definition) is 1. The fourth-order valence-corrected chi connectivity index (χ4v) is 2.53. The van der Waals surface area contributed by atoms with Crippen LogP contribution in [0.3, 0.4) is 0 Å². The standard InChI is InChI=1S/C13H26N2S/c1-10(12(14)16)9-15-7-5-11(6-8-15)13(2,3)4/h10-11H,5-9H2,1-4H3,(H2,14,16). The van der Waals surface area contributed by atoms with Crippen molar-refractivity contribution in [3.8, 4) is 0 Å². The van der Waals surface area contributed by atoms with Gasteiger partial charge in [-0.05, 0) is 37.3 Å². The number of nitrogens with zero attached hydrogens (tertiary/aromatic N) is 1. The van der Waals surface area contributed by atoms with Crippen molar-refractivity contribution < 1.29 is 0 Å². The molecule has 1 heterocycles. The number of thiocarbonyl (C=S) groups is 1. The third-order valence-electron chi connectivity index (χ3n) is 3.83. The Bertz CT molecular complexity index is 237. The van der Waals surface area contributed by atoms with Crippen molar-refractivity contribution in [1.82, 2.24) is 4.90 Å². The first kappa shape index (κ1) is 13.9. The van der Waals surface area contributed by atoms with Gasteiger partial charge in [-0.15, -0.1) is 0 Å². The van der Waals surface area contributed by atoms with Gasteiger partial charge >= 0.3 is 0 Å². The van der Waals surface area contributed by atoms with Crippen molar-refractivity contribution in [3.63, 3.8) is 0 Å². The summed E-state index contributed by atoms with van der Waals surface area (Å²) in [5.74, 6) is 1.21. The van der Waals surface area contributed by atoms with E-state index in [2.05, 4.69) is 32.6 Å². The largest absolute Gasteiger partial charge is 0.393 e. The summed E-state index contributed by atoms with van der Waals surface area (Å²) in [6, 6.07) is 0. The maximum atomic E-state index is 5.65. The zero-order chi connectivity index (χ0) is 12.3. The number of rotatable bonds is 3. The topological polar surface area (TPSA) is 29.3 Å². The van der Waals surface area contributed by atoms with Crippen molar-refractivity contribution in [2.24, 2.45) is 23.0 Å². The average Bonchev–Trinajstić information content (AvgIpc) is 2.17. The fraction of sp³-hybridized carbons (Fsp3) is 0.923. The van der Waals surface area contributed by atoms with Gasteiger partial charge in [0, 0.05) is 12.5 Å². The molecule has 0 saturated carbocycles. The Balaban J connectivity index is 2.35. The normalized spacial score (nSPS) is 22.0. The van der Waals surface area contributed by atoms with Gasteiger partial charge in [0.25, 0.3) is 0 Å². The van der Waals surface area contributed by atoms with E-state index in [1.807, 2.05) is 0 Å². The molecule has 2 N–H and O–H groups in total. The Morgan fingerprint density at radius 2 is 1.88 bits per heavy atom. The van der Waals surface area contributed by atoms with Crippen LogP contribution < -0.4 is 5.73 Å². The first-order valence-corrected chi connectivity index (χ1v) is 6.73. The lowest BCUT2D eigenvalue weighted by Crippen LogP contribution is -2.41. The van der Waals surface area contributed by atoms with Crippen LogP contribution in [0.25, 0.3) is 0 Å².